The van der Waals surface area contributed by atoms with E-state index < -0.39 is 5.56 Å². The number of methoxy groups -OCH3 is 1. The second-order valence-electron chi connectivity index (χ2n) is 7.83. The van der Waals surface area contributed by atoms with Crippen LogP contribution in [0.15, 0.2) is 76.8 Å². The smallest absolute Gasteiger partial charge is 0.276 e. The Morgan fingerprint density at radius 1 is 1.14 bits per heavy atom. The molecule has 0 bridgehead atoms. The molecule has 0 saturated carbocycles. The first kappa shape index (κ1) is 24.6. The number of hydrogen-bond donors (Lipinski definition) is 2. The zero-order valence-corrected chi connectivity index (χ0v) is 20.5. The molecule has 9 heteroatoms. The zero-order chi connectivity index (χ0) is 25.3. The molecule has 0 fully saturated rings. The highest BCUT2D eigenvalue weighted by atomic mass is 32.2. The van der Waals surface area contributed by atoms with Crippen LogP contribution in [0.4, 0.5) is 11.4 Å². The van der Waals surface area contributed by atoms with Gasteiger partial charge in [0, 0.05) is 23.3 Å². The van der Waals surface area contributed by atoms with Crippen LogP contribution in [0.25, 0.3) is 20.9 Å². The number of aromatic nitrogens is 3. The molecular formula is C27H24N6O2S. The molecule has 2 aromatic carbocycles. The molecule has 0 saturated heterocycles. The van der Waals surface area contributed by atoms with Crippen LogP contribution in [0, 0.1) is 13.1 Å². The predicted molar refractivity (Wildman–Crippen MR) is 142 cm³/mol. The van der Waals surface area contributed by atoms with E-state index in [-0.39, 0.29) is 5.69 Å². The van der Waals surface area contributed by atoms with Gasteiger partial charge >= 0.3 is 0 Å². The molecule has 2 aromatic heterocycles. The van der Waals surface area contributed by atoms with Crippen molar-refractivity contribution in [1.29, 1.82) is 0 Å². The Kier molecular flexibility index (Phi) is 8.07. The summed E-state index contributed by atoms with van der Waals surface area (Å²) < 4.78 is 7.36. The van der Waals surface area contributed by atoms with E-state index in [0.29, 0.717) is 47.6 Å². The third kappa shape index (κ3) is 5.96. The van der Waals surface area contributed by atoms with Crippen molar-refractivity contribution in [1.82, 2.24) is 14.5 Å². The molecule has 0 unspecified atom stereocenters. The highest BCUT2D eigenvalue weighted by Crippen LogP contribution is 2.30. The maximum absolute atomic E-state index is 12.6. The summed E-state index contributed by atoms with van der Waals surface area (Å²) in [6.07, 6.45) is 1.99. The van der Waals surface area contributed by atoms with Gasteiger partial charge in [0.25, 0.3) is 11.2 Å². The number of nitrogens with zero attached hydrogens (tertiary/aromatic N) is 4. The number of hydrogen-bond acceptors (Lipinski definition) is 5. The minimum atomic E-state index is -0.461. The molecule has 0 radical (unpaired) electrons. The Balaban J connectivity index is 1.47. The van der Waals surface area contributed by atoms with Crippen LogP contribution in [0.3, 0.4) is 0 Å². The van der Waals surface area contributed by atoms with Gasteiger partial charge in [-0.3, -0.25) is 4.79 Å². The Hall–Kier alpha value is -4.47. The van der Waals surface area contributed by atoms with Crippen LogP contribution >= 0.6 is 11.8 Å². The average Bonchev–Trinajstić information content (AvgIpc) is 3.36. The van der Waals surface area contributed by atoms with Crippen LogP contribution in [-0.4, -0.2) is 28.2 Å². The Bertz CT molecular complexity index is 1500. The Labute approximate surface area is 213 Å². The fourth-order valence-electron chi connectivity index (χ4n) is 3.69. The Morgan fingerprint density at radius 3 is 2.81 bits per heavy atom. The number of aromatic amines is 1. The minimum Gasteiger partial charge on any atom is -0.497 e. The van der Waals surface area contributed by atoms with E-state index in [1.165, 1.54) is 11.8 Å². The van der Waals surface area contributed by atoms with Gasteiger partial charge in [-0.05, 0) is 47.5 Å². The lowest BCUT2D eigenvalue weighted by Crippen LogP contribution is -2.09. The van der Waals surface area contributed by atoms with Crippen molar-refractivity contribution in [2.45, 2.75) is 24.0 Å². The van der Waals surface area contributed by atoms with E-state index in [9.17, 15) is 4.79 Å². The molecule has 0 atom stereocenters. The van der Waals surface area contributed by atoms with Crippen molar-refractivity contribution in [2.24, 2.45) is 0 Å². The van der Waals surface area contributed by atoms with E-state index in [1.54, 1.807) is 31.4 Å². The van der Waals surface area contributed by atoms with E-state index in [4.69, 9.17) is 17.9 Å². The van der Waals surface area contributed by atoms with Crippen molar-refractivity contribution < 1.29 is 4.74 Å². The molecule has 0 spiro atoms. The largest absolute Gasteiger partial charge is 0.497 e. The van der Waals surface area contributed by atoms with Gasteiger partial charge in [0.1, 0.15) is 5.75 Å². The third-order valence-corrected chi connectivity index (χ3v) is 6.43. The summed E-state index contributed by atoms with van der Waals surface area (Å²) in [6, 6.07) is 19.3. The predicted octanol–water partition coefficient (Wildman–Crippen LogP) is 5.62. The van der Waals surface area contributed by atoms with Gasteiger partial charge < -0.3 is 24.4 Å². The molecule has 2 N–H and O–H groups in total. The topological polar surface area (TPSA) is 80.7 Å². The molecular weight excluding hydrogens is 472 g/mol. The van der Waals surface area contributed by atoms with Crippen molar-refractivity contribution in [2.75, 3.05) is 19.0 Å². The lowest BCUT2D eigenvalue weighted by Gasteiger charge is -2.11. The molecule has 4 rings (SSSR count). The van der Waals surface area contributed by atoms with Gasteiger partial charge in [0.05, 0.1) is 32.5 Å². The van der Waals surface area contributed by atoms with Gasteiger partial charge in [0.15, 0.2) is 5.16 Å². The quantitative estimate of drug-likeness (QED) is 0.169. The van der Waals surface area contributed by atoms with Gasteiger partial charge in [-0.25, -0.2) is 16.4 Å². The van der Waals surface area contributed by atoms with Crippen LogP contribution < -0.4 is 15.6 Å². The van der Waals surface area contributed by atoms with Crippen molar-refractivity contribution >= 4 is 23.1 Å². The number of thioether (sulfide) groups is 1. The molecule has 36 heavy (non-hydrogen) atoms. The molecule has 180 valence electrons. The molecule has 0 aliphatic rings. The summed E-state index contributed by atoms with van der Waals surface area (Å²) in [5.41, 5.74) is 3.65. The van der Waals surface area contributed by atoms with E-state index in [2.05, 4.69) is 35.6 Å². The highest BCUT2D eigenvalue weighted by Gasteiger charge is 2.15. The summed E-state index contributed by atoms with van der Waals surface area (Å²) in [5, 5.41) is 3.89. The maximum Gasteiger partial charge on any atom is 0.276 e. The molecule has 0 aliphatic carbocycles. The van der Waals surface area contributed by atoms with Gasteiger partial charge in [-0.2, -0.15) is 0 Å². The summed E-state index contributed by atoms with van der Waals surface area (Å²) in [5.74, 6) is 1.22. The van der Waals surface area contributed by atoms with E-state index in [0.717, 1.165) is 16.9 Å². The highest BCUT2D eigenvalue weighted by molar-refractivity contribution is 7.98. The maximum atomic E-state index is 12.6. The monoisotopic (exact) mass is 496 g/mol. The Morgan fingerprint density at radius 2 is 2.00 bits per heavy atom. The summed E-state index contributed by atoms with van der Waals surface area (Å²) >= 11 is 1.40. The van der Waals surface area contributed by atoms with Crippen LogP contribution in [0.5, 0.6) is 5.75 Å². The normalized spacial score (nSPS) is 10.4. The molecule has 8 nitrogen and oxygen atoms in total. The fourth-order valence-corrected chi connectivity index (χ4v) is 4.49. The second kappa shape index (κ2) is 11.8. The first-order valence-corrected chi connectivity index (χ1v) is 12.2. The van der Waals surface area contributed by atoms with Crippen molar-refractivity contribution in [3.63, 3.8) is 0 Å². The zero-order valence-electron chi connectivity index (χ0n) is 19.7. The molecule has 0 amide bonds. The van der Waals surface area contributed by atoms with Crippen LogP contribution in [0.2, 0.25) is 0 Å². The van der Waals surface area contributed by atoms with E-state index >= 15 is 0 Å². The summed E-state index contributed by atoms with van der Waals surface area (Å²) in [7, 11) is 1.57. The van der Waals surface area contributed by atoms with Gasteiger partial charge in [-0.1, -0.05) is 36.0 Å². The number of ether oxygens (including phenoxy) is 1. The molecule has 2 heterocycles. The fraction of sp³-hybridized carbons (Fsp3) is 0.185. The number of H-pyrrole nitrogens is 1. The second-order valence-corrected chi connectivity index (χ2v) is 8.79. The van der Waals surface area contributed by atoms with Crippen LogP contribution in [-0.2, 0) is 18.8 Å². The van der Waals surface area contributed by atoms with Gasteiger partial charge in [0.2, 0.25) is 6.54 Å². The number of anilines is 1. The number of rotatable bonds is 10. The lowest BCUT2D eigenvalue weighted by atomic mass is 10.1. The van der Waals surface area contributed by atoms with Crippen molar-refractivity contribution in [3.05, 3.63) is 111 Å². The number of nitrogens with one attached hydrogen (secondary N) is 2. The number of benzene rings is 2. The SMILES string of the molecule is [C-]#[N+]CCn1cccc1CNc1cccc(CSc2nc(-c3cccc(OC)c3)c([N+]#[C-])c(=O)[nH]2)c1. The average molecular weight is 497 g/mol. The summed E-state index contributed by atoms with van der Waals surface area (Å²) in [4.78, 5) is 26.8. The molecule has 0 aliphatic heterocycles. The minimum absolute atomic E-state index is 0.0417. The van der Waals surface area contributed by atoms with Gasteiger partial charge in [-0.15, -0.1) is 0 Å². The first-order valence-electron chi connectivity index (χ1n) is 11.2. The first-order chi connectivity index (χ1) is 17.6. The van der Waals surface area contributed by atoms with Crippen molar-refractivity contribution in [3.8, 4) is 17.0 Å². The third-order valence-electron chi connectivity index (χ3n) is 5.48. The van der Waals surface area contributed by atoms with E-state index in [1.807, 2.05) is 36.5 Å². The summed E-state index contributed by atoms with van der Waals surface area (Å²) in [6.45, 7) is 16.2. The molecule has 4 aromatic rings. The lowest BCUT2D eigenvalue weighted by molar-refractivity contribution is 0.415. The standard InChI is InChI=1S/C27H24N6O2S/c1-28-12-14-33-13-6-10-22(33)17-30-21-9-4-7-19(15-21)18-36-27-31-24(25(29-2)26(34)32-27)20-8-5-11-23(16-20)35-3/h4-11,13,15-16,30H,12,14,17-18H2,3H3,(H,31,32,34). The van der Waals surface area contributed by atoms with Crippen LogP contribution in [0.1, 0.15) is 11.3 Å².